The number of anilines is 1. The van der Waals surface area contributed by atoms with Crippen LogP contribution in [0, 0.1) is 0 Å². The zero-order chi connectivity index (χ0) is 17.6. The van der Waals surface area contributed by atoms with Crippen molar-refractivity contribution < 1.29 is 9.53 Å². The second kappa shape index (κ2) is 7.81. The quantitative estimate of drug-likeness (QED) is 0.855. The lowest BCUT2D eigenvalue weighted by molar-refractivity contribution is 0.0953. The number of nitrogens with zero attached hydrogens (tertiary/aromatic N) is 1. The monoisotopic (exact) mass is 327 g/mol. The summed E-state index contributed by atoms with van der Waals surface area (Å²) in [5, 5.41) is 6.24. The molecule has 1 amide bonds. The van der Waals surface area contributed by atoms with Crippen molar-refractivity contribution in [1.82, 2.24) is 10.3 Å². The number of hydrogen-bond acceptors (Lipinski definition) is 4. The number of rotatable bonds is 6. The molecule has 0 atom stereocenters. The molecule has 2 N–H and O–H groups in total. The number of para-hydroxylation sites is 1. The van der Waals surface area contributed by atoms with E-state index in [2.05, 4.69) is 36.4 Å². The van der Waals surface area contributed by atoms with Gasteiger partial charge in [-0.15, -0.1) is 0 Å². The van der Waals surface area contributed by atoms with E-state index in [1.54, 1.807) is 19.5 Å². The lowest BCUT2D eigenvalue weighted by Gasteiger charge is -2.22. The van der Waals surface area contributed by atoms with Crippen LogP contribution in [0.5, 0.6) is 5.75 Å². The van der Waals surface area contributed by atoms with Crippen LogP contribution in [0.15, 0.2) is 42.7 Å². The van der Waals surface area contributed by atoms with Crippen LogP contribution in [0.1, 0.15) is 36.7 Å². The number of hydrogen-bond donors (Lipinski definition) is 2. The van der Waals surface area contributed by atoms with Crippen LogP contribution in [0.2, 0.25) is 0 Å². The molecule has 0 aliphatic carbocycles. The Morgan fingerprint density at radius 2 is 1.96 bits per heavy atom. The van der Waals surface area contributed by atoms with Gasteiger partial charge in [0, 0.05) is 24.5 Å². The molecule has 1 aromatic heterocycles. The molecule has 0 radical (unpaired) electrons. The van der Waals surface area contributed by atoms with Crippen molar-refractivity contribution in [3.63, 3.8) is 0 Å². The maximum Gasteiger partial charge on any atom is 0.252 e. The normalized spacial score (nSPS) is 11.0. The number of ether oxygens (including phenoxy) is 1. The number of carbonyl (C=O) groups is 1. The van der Waals surface area contributed by atoms with Crippen LogP contribution in [-0.4, -0.2) is 30.1 Å². The zero-order valence-corrected chi connectivity index (χ0v) is 14.7. The van der Waals surface area contributed by atoms with Crippen LogP contribution < -0.4 is 15.4 Å². The molecule has 24 heavy (non-hydrogen) atoms. The van der Waals surface area contributed by atoms with Crippen LogP contribution in [0.4, 0.5) is 5.69 Å². The predicted molar refractivity (Wildman–Crippen MR) is 96.6 cm³/mol. The van der Waals surface area contributed by atoms with Crippen molar-refractivity contribution in [3.8, 4) is 5.75 Å². The summed E-state index contributed by atoms with van der Waals surface area (Å²) in [5.41, 5.74) is 2.37. The fraction of sp³-hybridized carbons (Fsp3) is 0.368. The minimum atomic E-state index is -0.130. The number of carbonyl (C=O) groups excluding carboxylic acids is 1. The SMILES string of the molecule is COc1ccccc1CCNC(=O)c1cncc(NC(C)(C)C)c1. The fourth-order valence-corrected chi connectivity index (χ4v) is 2.39. The van der Waals surface area contributed by atoms with Crippen molar-refractivity contribution in [2.45, 2.75) is 32.7 Å². The van der Waals surface area contributed by atoms with Gasteiger partial charge in [0.2, 0.25) is 0 Å². The smallest absolute Gasteiger partial charge is 0.252 e. The molecule has 0 bridgehead atoms. The van der Waals surface area contributed by atoms with E-state index in [-0.39, 0.29) is 11.4 Å². The number of amides is 1. The standard InChI is InChI=1S/C19H25N3O2/c1-19(2,3)22-16-11-15(12-20-13-16)18(23)21-10-9-14-7-5-6-8-17(14)24-4/h5-8,11-13,22H,9-10H2,1-4H3,(H,21,23). The van der Waals surface area contributed by atoms with Crippen molar-refractivity contribution in [2.24, 2.45) is 0 Å². The van der Waals surface area contributed by atoms with Gasteiger partial charge in [-0.25, -0.2) is 0 Å². The molecular weight excluding hydrogens is 302 g/mol. The average Bonchev–Trinajstić information content (AvgIpc) is 2.54. The zero-order valence-electron chi connectivity index (χ0n) is 14.7. The Balaban J connectivity index is 1.94. The molecule has 0 spiro atoms. The van der Waals surface area contributed by atoms with Gasteiger partial charge in [-0.05, 0) is 44.9 Å². The van der Waals surface area contributed by atoms with E-state index >= 15 is 0 Å². The molecule has 5 nitrogen and oxygen atoms in total. The highest BCUT2D eigenvalue weighted by Crippen LogP contribution is 2.17. The maximum atomic E-state index is 12.3. The van der Waals surface area contributed by atoms with Crippen LogP contribution in [0.3, 0.4) is 0 Å². The summed E-state index contributed by atoms with van der Waals surface area (Å²) in [7, 11) is 1.65. The van der Waals surface area contributed by atoms with Gasteiger partial charge in [0.15, 0.2) is 0 Å². The average molecular weight is 327 g/mol. The summed E-state index contributed by atoms with van der Waals surface area (Å²) < 4.78 is 5.32. The minimum Gasteiger partial charge on any atom is -0.496 e. The van der Waals surface area contributed by atoms with Gasteiger partial charge in [0.25, 0.3) is 5.91 Å². The van der Waals surface area contributed by atoms with E-state index in [1.165, 1.54) is 0 Å². The van der Waals surface area contributed by atoms with Gasteiger partial charge in [-0.1, -0.05) is 18.2 Å². The molecule has 0 aliphatic rings. The molecule has 2 rings (SSSR count). The summed E-state index contributed by atoms with van der Waals surface area (Å²) in [5.74, 6) is 0.708. The van der Waals surface area contributed by atoms with Gasteiger partial charge < -0.3 is 15.4 Å². The number of methoxy groups -OCH3 is 1. The first-order valence-corrected chi connectivity index (χ1v) is 8.02. The van der Waals surface area contributed by atoms with E-state index < -0.39 is 0 Å². The van der Waals surface area contributed by atoms with Gasteiger partial charge >= 0.3 is 0 Å². The molecule has 1 heterocycles. The van der Waals surface area contributed by atoms with Crippen LogP contribution >= 0.6 is 0 Å². The summed E-state index contributed by atoms with van der Waals surface area (Å²) in [4.78, 5) is 16.4. The van der Waals surface area contributed by atoms with Crippen molar-refractivity contribution in [1.29, 1.82) is 0 Å². The van der Waals surface area contributed by atoms with E-state index in [9.17, 15) is 4.79 Å². The first-order valence-electron chi connectivity index (χ1n) is 8.02. The number of pyridine rings is 1. The van der Waals surface area contributed by atoms with E-state index in [1.807, 2.05) is 30.3 Å². The van der Waals surface area contributed by atoms with E-state index in [0.29, 0.717) is 18.5 Å². The highest BCUT2D eigenvalue weighted by molar-refractivity contribution is 5.94. The Morgan fingerprint density at radius 3 is 2.67 bits per heavy atom. The number of aromatic nitrogens is 1. The molecule has 0 saturated heterocycles. The van der Waals surface area contributed by atoms with Crippen LogP contribution in [0.25, 0.3) is 0 Å². The first-order chi connectivity index (χ1) is 11.4. The molecule has 128 valence electrons. The highest BCUT2D eigenvalue weighted by atomic mass is 16.5. The third-order valence-corrected chi connectivity index (χ3v) is 3.39. The Labute approximate surface area is 143 Å². The second-order valence-corrected chi connectivity index (χ2v) is 6.66. The molecule has 0 unspecified atom stereocenters. The predicted octanol–water partition coefficient (Wildman–Crippen LogP) is 3.27. The molecule has 5 heteroatoms. The minimum absolute atomic E-state index is 0.0827. The summed E-state index contributed by atoms with van der Waals surface area (Å²) >= 11 is 0. The van der Waals surface area contributed by atoms with E-state index in [0.717, 1.165) is 17.0 Å². The Kier molecular flexibility index (Phi) is 5.79. The molecule has 0 fully saturated rings. The van der Waals surface area contributed by atoms with Gasteiger partial charge in [0.1, 0.15) is 5.75 Å². The lowest BCUT2D eigenvalue weighted by Crippen LogP contribution is -2.28. The fourth-order valence-electron chi connectivity index (χ4n) is 2.39. The Bertz CT molecular complexity index is 693. The number of nitrogens with one attached hydrogen (secondary N) is 2. The summed E-state index contributed by atoms with van der Waals surface area (Å²) in [6.45, 7) is 6.73. The summed E-state index contributed by atoms with van der Waals surface area (Å²) in [6.07, 6.45) is 4.01. The third-order valence-electron chi connectivity index (χ3n) is 3.39. The van der Waals surface area contributed by atoms with Gasteiger partial charge in [0.05, 0.1) is 18.4 Å². The van der Waals surface area contributed by atoms with E-state index in [4.69, 9.17) is 4.74 Å². The first kappa shape index (κ1) is 17.8. The highest BCUT2D eigenvalue weighted by Gasteiger charge is 2.12. The van der Waals surface area contributed by atoms with Crippen LogP contribution in [-0.2, 0) is 6.42 Å². The Hall–Kier alpha value is -2.56. The molecular formula is C19H25N3O2. The summed E-state index contributed by atoms with van der Waals surface area (Å²) in [6, 6.07) is 9.63. The third kappa shape index (κ3) is 5.26. The lowest BCUT2D eigenvalue weighted by atomic mass is 10.1. The van der Waals surface area contributed by atoms with Gasteiger partial charge in [-0.3, -0.25) is 9.78 Å². The molecule has 0 saturated carbocycles. The topological polar surface area (TPSA) is 63.2 Å². The molecule has 2 aromatic rings. The van der Waals surface area contributed by atoms with Crippen molar-refractivity contribution in [2.75, 3.05) is 19.0 Å². The Morgan fingerprint density at radius 1 is 1.21 bits per heavy atom. The molecule has 1 aromatic carbocycles. The van der Waals surface area contributed by atoms with Crippen molar-refractivity contribution in [3.05, 3.63) is 53.9 Å². The second-order valence-electron chi connectivity index (χ2n) is 6.66. The van der Waals surface area contributed by atoms with Crippen molar-refractivity contribution >= 4 is 11.6 Å². The molecule has 0 aliphatic heterocycles. The van der Waals surface area contributed by atoms with Gasteiger partial charge in [-0.2, -0.15) is 0 Å². The largest absolute Gasteiger partial charge is 0.496 e. The maximum absolute atomic E-state index is 12.3. The number of benzene rings is 1.